The van der Waals surface area contributed by atoms with Crippen molar-refractivity contribution in [1.82, 2.24) is 0 Å². The molecule has 1 heterocycles. The highest BCUT2D eigenvalue weighted by Gasteiger charge is 2.38. The molecule has 0 spiro atoms. The smallest absolute Gasteiger partial charge is 0.333 e. The number of nitrogens with one attached hydrogen (secondary N) is 1. The van der Waals surface area contributed by atoms with E-state index in [1.807, 2.05) is 0 Å². The van der Waals surface area contributed by atoms with Gasteiger partial charge in [0.15, 0.2) is 6.04 Å². The predicted octanol–water partition coefficient (Wildman–Crippen LogP) is 3.81. The van der Waals surface area contributed by atoms with Crippen molar-refractivity contribution in [3.05, 3.63) is 29.8 Å². The molecular formula is C21H36N2O6S2Si2. The van der Waals surface area contributed by atoms with Gasteiger partial charge < -0.3 is 4.74 Å². The van der Waals surface area contributed by atoms with Gasteiger partial charge in [-0.2, -0.15) is 0 Å². The van der Waals surface area contributed by atoms with Crippen LogP contribution in [0.1, 0.15) is 5.56 Å². The molecule has 12 heteroatoms. The number of anilines is 2. The fraction of sp³-hybridized carbons (Fsp3) is 0.571. The van der Waals surface area contributed by atoms with E-state index < -0.39 is 48.2 Å². The molecule has 0 fully saturated rings. The zero-order chi connectivity index (χ0) is 25.2. The van der Waals surface area contributed by atoms with Crippen LogP contribution in [-0.2, 0) is 29.6 Å². The van der Waals surface area contributed by atoms with Crippen molar-refractivity contribution in [2.45, 2.75) is 57.4 Å². The van der Waals surface area contributed by atoms with Crippen molar-refractivity contribution < 1.29 is 26.4 Å². The fourth-order valence-electron chi connectivity index (χ4n) is 3.20. The van der Waals surface area contributed by atoms with Crippen LogP contribution in [0.2, 0.25) is 51.4 Å². The Hall–Kier alpha value is -1.64. The zero-order valence-electron chi connectivity index (χ0n) is 20.5. The minimum atomic E-state index is -3.83. The Bertz CT molecular complexity index is 1120. The van der Waals surface area contributed by atoms with Crippen LogP contribution < -0.4 is 9.03 Å². The van der Waals surface area contributed by atoms with Gasteiger partial charge in [0.1, 0.15) is 0 Å². The van der Waals surface area contributed by atoms with Crippen LogP contribution in [0.3, 0.4) is 0 Å². The Morgan fingerprint density at radius 3 is 2.12 bits per heavy atom. The fourth-order valence-corrected chi connectivity index (χ4v) is 12.0. The van der Waals surface area contributed by atoms with E-state index >= 15 is 0 Å². The van der Waals surface area contributed by atoms with Crippen molar-refractivity contribution in [2.75, 3.05) is 27.6 Å². The summed E-state index contributed by atoms with van der Waals surface area (Å²) in [6.45, 7) is 12.6. The quantitative estimate of drug-likeness (QED) is 0.362. The van der Waals surface area contributed by atoms with Crippen LogP contribution in [0.5, 0.6) is 0 Å². The van der Waals surface area contributed by atoms with Gasteiger partial charge in [-0.1, -0.05) is 45.4 Å². The second kappa shape index (κ2) is 9.92. The molecule has 0 radical (unpaired) electrons. The molecule has 0 amide bonds. The van der Waals surface area contributed by atoms with E-state index in [-0.39, 0.29) is 11.5 Å². The molecular weight excluding hydrogens is 497 g/mol. The van der Waals surface area contributed by atoms with Gasteiger partial charge in [0.05, 0.1) is 24.3 Å². The molecule has 2 rings (SSSR count). The summed E-state index contributed by atoms with van der Waals surface area (Å²) in [7, 11) is -9.31. The summed E-state index contributed by atoms with van der Waals surface area (Å²) >= 11 is 0. The molecule has 1 aromatic rings. The summed E-state index contributed by atoms with van der Waals surface area (Å²) in [6.07, 6.45) is 3.10. The first-order valence-corrected chi connectivity index (χ1v) is 21.5. The van der Waals surface area contributed by atoms with Gasteiger partial charge in [0.2, 0.25) is 20.0 Å². The lowest BCUT2D eigenvalue weighted by molar-refractivity contribution is -0.140. The molecule has 0 bridgehead atoms. The number of carbonyl (C=O) groups excluding carboxylic acids is 1. The van der Waals surface area contributed by atoms with Crippen molar-refractivity contribution in [3.63, 3.8) is 0 Å². The number of esters is 1. The number of rotatable bonds is 10. The Morgan fingerprint density at radius 1 is 1.00 bits per heavy atom. The summed E-state index contributed by atoms with van der Waals surface area (Å²) in [6, 6.07) is 4.74. The van der Waals surface area contributed by atoms with Gasteiger partial charge in [-0.05, 0) is 36.4 Å². The third-order valence-corrected chi connectivity index (χ3v) is 12.5. The predicted molar refractivity (Wildman–Crippen MR) is 141 cm³/mol. The van der Waals surface area contributed by atoms with E-state index in [0.29, 0.717) is 29.0 Å². The summed E-state index contributed by atoms with van der Waals surface area (Å²) in [5, 5.41) is 0. The highest BCUT2D eigenvalue weighted by Crippen LogP contribution is 2.35. The van der Waals surface area contributed by atoms with Gasteiger partial charge in [0.25, 0.3) is 0 Å². The number of benzene rings is 1. The van der Waals surface area contributed by atoms with Gasteiger partial charge in [0, 0.05) is 27.4 Å². The topological polar surface area (TPSA) is 110 Å². The Kier molecular flexibility index (Phi) is 8.30. The van der Waals surface area contributed by atoms with E-state index in [2.05, 4.69) is 44.0 Å². The number of fused-ring (bicyclic) bond motifs is 1. The van der Waals surface area contributed by atoms with Crippen LogP contribution in [0.15, 0.2) is 24.3 Å². The molecule has 186 valence electrons. The minimum absolute atomic E-state index is 0.0389. The van der Waals surface area contributed by atoms with E-state index in [9.17, 15) is 21.6 Å². The number of carbonyl (C=O) groups is 1. The number of methoxy groups -OCH3 is 1. The lowest BCUT2D eigenvalue weighted by Gasteiger charge is -2.34. The third-order valence-electron chi connectivity index (χ3n) is 5.22. The maximum atomic E-state index is 13.3. The second-order valence-corrected chi connectivity index (χ2v) is 25.8. The molecule has 0 aromatic heterocycles. The monoisotopic (exact) mass is 532 g/mol. The van der Waals surface area contributed by atoms with Crippen molar-refractivity contribution in [3.8, 4) is 0 Å². The third kappa shape index (κ3) is 7.97. The summed E-state index contributed by atoms with van der Waals surface area (Å²) in [4.78, 5) is 12.4. The second-order valence-electron chi connectivity index (χ2n) is 10.8. The highest BCUT2D eigenvalue weighted by atomic mass is 32.2. The average Bonchev–Trinajstić information content (AvgIpc) is 2.68. The maximum Gasteiger partial charge on any atom is 0.333 e. The first-order valence-electron chi connectivity index (χ1n) is 10.9. The van der Waals surface area contributed by atoms with E-state index in [1.54, 1.807) is 12.1 Å². The zero-order valence-corrected chi connectivity index (χ0v) is 24.1. The van der Waals surface area contributed by atoms with E-state index in [4.69, 9.17) is 4.74 Å². The van der Waals surface area contributed by atoms with Crippen LogP contribution in [0.25, 0.3) is 6.08 Å². The van der Waals surface area contributed by atoms with Crippen LogP contribution in [0, 0.1) is 0 Å². The number of hydrogen-bond acceptors (Lipinski definition) is 6. The number of nitrogens with zero attached hydrogens (tertiary/aromatic N) is 1. The maximum absolute atomic E-state index is 13.3. The average molecular weight is 533 g/mol. The van der Waals surface area contributed by atoms with Crippen LogP contribution in [0.4, 0.5) is 11.4 Å². The van der Waals surface area contributed by atoms with Gasteiger partial charge in [-0.15, -0.1) is 0 Å². The van der Waals surface area contributed by atoms with Gasteiger partial charge in [-0.25, -0.2) is 21.6 Å². The number of hydrogen-bond donors (Lipinski definition) is 1. The molecule has 1 unspecified atom stereocenters. The lowest BCUT2D eigenvalue weighted by Crippen LogP contribution is -2.47. The van der Waals surface area contributed by atoms with E-state index in [1.165, 1.54) is 25.3 Å². The standard InChI is InChI=1S/C21H36N2O6S2Si2/c1-29-21(24)20-10-8-17-16-18(22-30(25,26)12-14-32(2,3)4)9-11-19(17)23(20)31(27,28)13-15-33(5,6)7/h8-11,16,20,22H,12-15H2,1-7H3. The Labute approximate surface area is 200 Å². The molecule has 1 aliphatic rings. The summed E-state index contributed by atoms with van der Waals surface area (Å²) < 4.78 is 60.2. The normalized spacial score (nSPS) is 16.9. The van der Waals surface area contributed by atoms with Gasteiger partial charge in [-0.3, -0.25) is 9.03 Å². The molecule has 1 atom stereocenters. The van der Waals surface area contributed by atoms with Crippen LogP contribution in [-0.4, -0.2) is 63.6 Å². The van der Waals surface area contributed by atoms with Crippen LogP contribution >= 0.6 is 0 Å². The molecule has 0 saturated heterocycles. The Morgan fingerprint density at radius 2 is 1.58 bits per heavy atom. The largest absolute Gasteiger partial charge is 0.467 e. The summed E-state index contributed by atoms with van der Waals surface area (Å²) in [5.74, 6) is -0.712. The molecule has 8 nitrogen and oxygen atoms in total. The summed E-state index contributed by atoms with van der Waals surface area (Å²) in [5.41, 5.74) is 1.19. The Balaban J connectivity index is 2.40. The molecule has 1 aliphatic heterocycles. The van der Waals surface area contributed by atoms with Crippen molar-refractivity contribution in [2.24, 2.45) is 0 Å². The molecule has 1 N–H and O–H groups in total. The lowest BCUT2D eigenvalue weighted by atomic mass is 10.0. The molecule has 0 saturated carbocycles. The first-order chi connectivity index (χ1) is 14.9. The first kappa shape index (κ1) is 27.6. The SMILES string of the molecule is COC(=O)C1C=Cc2cc(NS(=O)(=O)CC[Si](C)(C)C)ccc2N1S(=O)(=O)CC[Si](C)(C)C. The van der Waals surface area contributed by atoms with Crippen molar-refractivity contribution >= 4 is 59.6 Å². The van der Waals surface area contributed by atoms with Crippen molar-refractivity contribution in [1.29, 1.82) is 0 Å². The molecule has 0 aliphatic carbocycles. The molecule has 1 aromatic carbocycles. The molecule has 33 heavy (non-hydrogen) atoms. The van der Waals surface area contributed by atoms with E-state index in [0.717, 1.165) is 4.31 Å². The highest BCUT2D eigenvalue weighted by molar-refractivity contribution is 7.93. The number of ether oxygens (including phenoxy) is 1. The number of sulfonamides is 2. The van der Waals surface area contributed by atoms with Gasteiger partial charge >= 0.3 is 5.97 Å². The minimum Gasteiger partial charge on any atom is -0.467 e.